The third-order valence-corrected chi connectivity index (χ3v) is 2.68. The van der Waals surface area contributed by atoms with Crippen LogP contribution in [0.5, 0.6) is 5.75 Å². The van der Waals surface area contributed by atoms with Gasteiger partial charge in [-0.2, -0.15) is 0 Å². The molecular weight excluding hydrogens is 216 g/mol. The van der Waals surface area contributed by atoms with Crippen LogP contribution in [0.25, 0.3) is 10.8 Å². The van der Waals surface area contributed by atoms with Gasteiger partial charge in [-0.05, 0) is 36.1 Å². The van der Waals surface area contributed by atoms with E-state index in [2.05, 4.69) is 6.92 Å². The second-order valence-corrected chi connectivity index (χ2v) is 4.01. The topological polar surface area (TPSA) is 39.4 Å². The van der Waals surface area contributed by atoms with E-state index in [-0.39, 0.29) is 5.63 Å². The highest BCUT2D eigenvalue weighted by atomic mass is 16.5. The Bertz CT molecular complexity index is 542. The van der Waals surface area contributed by atoms with Gasteiger partial charge in [0.2, 0.25) is 0 Å². The lowest BCUT2D eigenvalue weighted by Crippen LogP contribution is -2.00. The first-order valence-corrected chi connectivity index (χ1v) is 5.95. The van der Waals surface area contributed by atoms with Crippen molar-refractivity contribution >= 4 is 10.8 Å². The van der Waals surface area contributed by atoms with Crippen molar-refractivity contribution in [1.29, 1.82) is 0 Å². The Morgan fingerprint density at radius 1 is 1.24 bits per heavy atom. The van der Waals surface area contributed by atoms with Crippen LogP contribution >= 0.6 is 0 Å². The van der Waals surface area contributed by atoms with Crippen LogP contribution in [-0.4, -0.2) is 6.61 Å². The van der Waals surface area contributed by atoms with Crippen molar-refractivity contribution in [3.8, 4) is 5.75 Å². The smallest absolute Gasteiger partial charge is 0.343 e. The maximum atomic E-state index is 11.4. The maximum Gasteiger partial charge on any atom is 0.343 e. The molecule has 0 N–H and O–H groups in total. The first-order valence-electron chi connectivity index (χ1n) is 5.95. The molecule has 2 aromatic rings. The lowest BCUT2D eigenvalue weighted by molar-refractivity contribution is 0.306. The highest BCUT2D eigenvalue weighted by Crippen LogP contribution is 2.18. The molecule has 17 heavy (non-hydrogen) atoms. The van der Waals surface area contributed by atoms with Gasteiger partial charge in [-0.3, -0.25) is 0 Å². The minimum absolute atomic E-state index is 0.306. The van der Waals surface area contributed by atoms with E-state index in [0.717, 1.165) is 24.2 Å². The molecule has 0 aliphatic rings. The van der Waals surface area contributed by atoms with E-state index in [1.54, 1.807) is 12.1 Å². The lowest BCUT2D eigenvalue weighted by Gasteiger charge is -2.06. The van der Waals surface area contributed by atoms with Gasteiger partial charge in [-0.15, -0.1) is 0 Å². The van der Waals surface area contributed by atoms with Crippen LogP contribution in [0.4, 0.5) is 0 Å². The molecule has 3 heteroatoms. The van der Waals surface area contributed by atoms with Crippen molar-refractivity contribution in [3.05, 3.63) is 40.9 Å². The maximum absolute atomic E-state index is 11.4. The Labute approximate surface area is 100 Å². The molecule has 0 saturated heterocycles. The van der Waals surface area contributed by atoms with Gasteiger partial charge in [0.1, 0.15) is 5.75 Å². The average molecular weight is 232 g/mol. The minimum atomic E-state index is -0.306. The fourth-order valence-corrected chi connectivity index (χ4v) is 1.73. The molecule has 0 radical (unpaired) electrons. The Kier molecular flexibility index (Phi) is 3.81. The van der Waals surface area contributed by atoms with Crippen LogP contribution in [0.2, 0.25) is 0 Å². The van der Waals surface area contributed by atoms with Gasteiger partial charge in [-0.25, -0.2) is 4.79 Å². The number of fused-ring (bicyclic) bond motifs is 1. The van der Waals surface area contributed by atoms with Gasteiger partial charge < -0.3 is 9.15 Å². The molecule has 90 valence electrons. The molecule has 2 rings (SSSR count). The van der Waals surface area contributed by atoms with Crippen LogP contribution in [-0.2, 0) is 0 Å². The molecule has 0 amide bonds. The number of hydrogen-bond acceptors (Lipinski definition) is 3. The number of ether oxygens (including phenoxy) is 1. The second kappa shape index (κ2) is 5.53. The average Bonchev–Trinajstić information content (AvgIpc) is 2.35. The van der Waals surface area contributed by atoms with Crippen LogP contribution in [0, 0.1) is 0 Å². The van der Waals surface area contributed by atoms with Crippen molar-refractivity contribution in [3.63, 3.8) is 0 Å². The standard InChI is InChI=1S/C14H16O3/c1-2-3-4-8-16-12-5-6-13-11(10-12)7-9-17-14(13)15/h5-7,9-10H,2-4,8H2,1H3. The molecule has 0 fully saturated rings. The third kappa shape index (κ3) is 2.87. The Morgan fingerprint density at radius 3 is 2.94 bits per heavy atom. The number of hydrogen-bond donors (Lipinski definition) is 0. The van der Waals surface area contributed by atoms with Gasteiger partial charge in [0.25, 0.3) is 0 Å². The summed E-state index contributed by atoms with van der Waals surface area (Å²) in [5.41, 5.74) is -0.306. The Balaban J connectivity index is 2.12. The highest BCUT2D eigenvalue weighted by Gasteiger charge is 2.01. The Morgan fingerprint density at radius 2 is 2.12 bits per heavy atom. The van der Waals surface area contributed by atoms with Gasteiger partial charge in [0, 0.05) is 0 Å². The van der Waals surface area contributed by atoms with Crippen molar-refractivity contribution in [2.75, 3.05) is 6.61 Å². The number of rotatable bonds is 5. The van der Waals surface area contributed by atoms with Crippen LogP contribution < -0.4 is 10.4 Å². The van der Waals surface area contributed by atoms with Gasteiger partial charge in [0.15, 0.2) is 0 Å². The summed E-state index contributed by atoms with van der Waals surface area (Å²) in [5, 5.41) is 1.45. The molecule has 0 aliphatic carbocycles. The van der Waals surface area contributed by atoms with Gasteiger partial charge in [0.05, 0.1) is 18.3 Å². The zero-order valence-electron chi connectivity index (χ0n) is 9.94. The van der Waals surface area contributed by atoms with Crippen molar-refractivity contribution in [2.24, 2.45) is 0 Å². The van der Waals surface area contributed by atoms with Crippen LogP contribution in [0.1, 0.15) is 26.2 Å². The summed E-state index contributed by atoms with van der Waals surface area (Å²) in [6, 6.07) is 7.20. The SMILES string of the molecule is CCCCCOc1ccc2c(=O)occc2c1. The molecule has 0 aliphatic heterocycles. The molecule has 0 bridgehead atoms. The molecule has 0 atom stereocenters. The molecule has 1 aromatic heterocycles. The molecule has 0 saturated carbocycles. The van der Waals surface area contributed by atoms with E-state index in [1.165, 1.54) is 19.1 Å². The molecule has 3 nitrogen and oxygen atoms in total. The Hall–Kier alpha value is -1.77. The molecule has 1 heterocycles. The van der Waals surface area contributed by atoms with E-state index < -0.39 is 0 Å². The van der Waals surface area contributed by atoms with Crippen LogP contribution in [0.3, 0.4) is 0 Å². The molecule has 0 unspecified atom stereocenters. The fraction of sp³-hybridized carbons (Fsp3) is 0.357. The summed E-state index contributed by atoms with van der Waals surface area (Å²) in [6.45, 7) is 2.89. The quantitative estimate of drug-likeness (QED) is 0.742. The summed E-state index contributed by atoms with van der Waals surface area (Å²) in [5.74, 6) is 0.805. The van der Waals surface area contributed by atoms with Gasteiger partial charge in [-0.1, -0.05) is 19.8 Å². The fourth-order valence-electron chi connectivity index (χ4n) is 1.73. The van der Waals surface area contributed by atoms with Gasteiger partial charge >= 0.3 is 5.63 Å². The number of benzene rings is 1. The highest BCUT2D eigenvalue weighted by molar-refractivity contribution is 5.82. The van der Waals surface area contributed by atoms with Crippen molar-refractivity contribution < 1.29 is 9.15 Å². The molecular formula is C14H16O3. The summed E-state index contributed by atoms with van der Waals surface area (Å²) in [7, 11) is 0. The summed E-state index contributed by atoms with van der Waals surface area (Å²) in [4.78, 5) is 11.4. The monoisotopic (exact) mass is 232 g/mol. The lowest BCUT2D eigenvalue weighted by atomic mass is 10.2. The van der Waals surface area contributed by atoms with Crippen molar-refractivity contribution in [2.45, 2.75) is 26.2 Å². The first-order chi connectivity index (χ1) is 8.31. The van der Waals surface area contributed by atoms with E-state index in [9.17, 15) is 4.79 Å². The zero-order valence-corrected chi connectivity index (χ0v) is 9.94. The molecule has 1 aromatic carbocycles. The van der Waals surface area contributed by atoms with E-state index >= 15 is 0 Å². The summed E-state index contributed by atoms with van der Waals surface area (Å²) >= 11 is 0. The van der Waals surface area contributed by atoms with E-state index in [1.807, 2.05) is 12.1 Å². The normalized spacial score (nSPS) is 10.6. The van der Waals surface area contributed by atoms with Crippen molar-refractivity contribution in [1.82, 2.24) is 0 Å². The van der Waals surface area contributed by atoms with E-state index in [4.69, 9.17) is 9.15 Å². The largest absolute Gasteiger partial charge is 0.494 e. The number of unbranched alkanes of at least 4 members (excludes halogenated alkanes) is 2. The van der Waals surface area contributed by atoms with Crippen LogP contribution in [0.15, 0.2) is 39.7 Å². The summed E-state index contributed by atoms with van der Waals surface area (Å²) in [6.07, 6.45) is 4.83. The third-order valence-electron chi connectivity index (χ3n) is 2.68. The predicted octanol–water partition coefficient (Wildman–Crippen LogP) is 3.36. The first kappa shape index (κ1) is 11.7. The molecule has 0 spiro atoms. The summed E-state index contributed by atoms with van der Waals surface area (Å²) < 4.78 is 10.4. The minimum Gasteiger partial charge on any atom is -0.494 e. The zero-order chi connectivity index (χ0) is 12.1. The van der Waals surface area contributed by atoms with E-state index in [0.29, 0.717) is 5.39 Å². The predicted molar refractivity (Wildman–Crippen MR) is 67.5 cm³/mol. The second-order valence-electron chi connectivity index (χ2n) is 4.01.